The highest BCUT2D eigenvalue weighted by Crippen LogP contribution is 2.30. The molecule has 0 fully saturated rings. The number of pyridine rings is 1. The third kappa shape index (κ3) is 2.78. The molecule has 3 heteroatoms. The molecule has 21 heavy (non-hydrogen) atoms. The Balaban J connectivity index is 2.66. The van der Waals surface area contributed by atoms with E-state index in [2.05, 4.69) is 37.9 Å². The number of aliphatic carboxylic acids is 1. The molecule has 1 heterocycles. The third-order valence-electron chi connectivity index (χ3n) is 4.00. The van der Waals surface area contributed by atoms with E-state index in [1.165, 1.54) is 5.56 Å². The smallest absolute Gasteiger partial charge is 0.315 e. The predicted molar refractivity (Wildman–Crippen MR) is 85.8 cm³/mol. The Morgan fingerprint density at radius 1 is 1.10 bits per heavy atom. The lowest BCUT2D eigenvalue weighted by molar-refractivity contribution is -0.142. The summed E-state index contributed by atoms with van der Waals surface area (Å²) in [6, 6.07) is 8.24. The van der Waals surface area contributed by atoms with Crippen molar-refractivity contribution in [3.05, 3.63) is 41.1 Å². The molecule has 1 N–H and O–H groups in total. The van der Waals surface area contributed by atoms with E-state index in [0.29, 0.717) is 5.69 Å². The number of benzene rings is 1. The number of rotatable bonds is 2. The SMILES string of the molecule is Cc1cc2cc(C(C)(C)C)ccc2nc1C(C)(C)C(=O)O. The van der Waals surface area contributed by atoms with E-state index >= 15 is 0 Å². The van der Waals surface area contributed by atoms with E-state index in [-0.39, 0.29) is 5.41 Å². The number of carboxylic acids is 1. The Morgan fingerprint density at radius 2 is 1.71 bits per heavy atom. The summed E-state index contributed by atoms with van der Waals surface area (Å²) in [7, 11) is 0. The summed E-state index contributed by atoms with van der Waals surface area (Å²) >= 11 is 0. The van der Waals surface area contributed by atoms with Crippen molar-refractivity contribution >= 4 is 16.9 Å². The summed E-state index contributed by atoms with van der Waals surface area (Å²) in [5.74, 6) is -0.858. The maximum atomic E-state index is 11.5. The number of carboxylic acid groups (broad SMARTS) is 1. The van der Waals surface area contributed by atoms with Crippen LogP contribution in [0.1, 0.15) is 51.4 Å². The first-order chi connectivity index (χ1) is 9.53. The van der Waals surface area contributed by atoms with Gasteiger partial charge in [-0.3, -0.25) is 9.78 Å². The highest BCUT2D eigenvalue weighted by Gasteiger charge is 2.32. The summed E-state index contributed by atoms with van der Waals surface area (Å²) in [5.41, 5.74) is 2.74. The van der Waals surface area contributed by atoms with Gasteiger partial charge in [0.1, 0.15) is 5.41 Å². The van der Waals surface area contributed by atoms with Crippen LogP contribution in [0.4, 0.5) is 0 Å². The lowest BCUT2D eigenvalue weighted by Gasteiger charge is -2.23. The summed E-state index contributed by atoms with van der Waals surface area (Å²) in [6.45, 7) is 11.8. The maximum absolute atomic E-state index is 11.5. The van der Waals surface area contributed by atoms with Crippen LogP contribution >= 0.6 is 0 Å². The fraction of sp³-hybridized carbons (Fsp3) is 0.444. The van der Waals surface area contributed by atoms with Crippen molar-refractivity contribution in [2.24, 2.45) is 0 Å². The second kappa shape index (κ2) is 4.83. The topological polar surface area (TPSA) is 50.2 Å². The van der Waals surface area contributed by atoms with E-state index in [4.69, 9.17) is 0 Å². The van der Waals surface area contributed by atoms with E-state index in [9.17, 15) is 9.90 Å². The minimum atomic E-state index is -0.985. The van der Waals surface area contributed by atoms with Crippen molar-refractivity contribution in [1.82, 2.24) is 4.98 Å². The van der Waals surface area contributed by atoms with Gasteiger partial charge in [-0.15, -0.1) is 0 Å². The molecule has 0 atom stereocenters. The monoisotopic (exact) mass is 285 g/mol. The van der Waals surface area contributed by atoms with Crippen LogP contribution in [0.3, 0.4) is 0 Å². The molecular formula is C18H23NO2. The zero-order valence-electron chi connectivity index (χ0n) is 13.6. The summed E-state index contributed by atoms with van der Waals surface area (Å²) in [6.07, 6.45) is 0. The van der Waals surface area contributed by atoms with Crippen LogP contribution in [0.5, 0.6) is 0 Å². The number of carbonyl (C=O) groups is 1. The van der Waals surface area contributed by atoms with E-state index in [1.807, 2.05) is 19.1 Å². The van der Waals surface area contributed by atoms with Crippen LogP contribution < -0.4 is 0 Å². The second-order valence-electron chi connectivity index (χ2n) is 7.24. The van der Waals surface area contributed by atoms with Gasteiger partial charge in [0.2, 0.25) is 0 Å². The summed E-state index contributed by atoms with van der Waals surface area (Å²) in [5, 5.41) is 10.5. The van der Waals surface area contributed by atoms with Crippen LogP contribution in [0, 0.1) is 6.92 Å². The molecule has 0 spiro atoms. The normalized spacial score (nSPS) is 12.7. The molecule has 0 aliphatic heterocycles. The first-order valence-electron chi connectivity index (χ1n) is 7.19. The molecular weight excluding hydrogens is 262 g/mol. The summed E-state index contributed by atoms with van der Waals surface area (Å²) in [4.78, 5) is 16.1. The molecule has 1 aromatic heterocycles. The Morgan fingerprint density at radius 3 is 2.24 bits per heavy atom. The van der Waals surface area contributed by atoms with Gasteiger partial charge in [0.25, 0.3) is 0 Å². The van der Waals surface area contributed by atoms with Gasteiger partial charge in [0, 0.05) is 5.39 Å². The molecule has 2 rings (SSSR count). The lowest BCUT2D eigenvalue weighted by atomic mass is 9.84. The third-order valence-corrected chi connectivity index (χ3v) is 4.00. The van der Waals surface area contributed by atoms with Crippen molar-refractivity contribution in [3.8, 4) is 0 Å². The largest absolute Gasteiger partial charge is 0.481 e. The fourth-order valence-corrected chi connectivity index (χ4v) is 2.48. The molecule has 3 nitrogen and oxygen atoms in total. The molecule has 2 aromatic rings. The average Bonchev–Trinajstić information content (AvgIpc) is 2.35. The van der Waals surface area contributed by atoms with Crippen LogP contribution in [0.2, 0.25) is 0 Å². The minimum absolute atomic E-state index is 0.0844. The van der Waals surface area contributed by atoms with Gasteiger partial charge in [0.15, 0.2) is 0 Å². The quantitative estimate of drug-likeness (QED) is 0.899. The van der Waals surface area contributed by atoms with Gasteiger partial charge < -0.3 is 5.11 Å². The van der Waals surface area contributed by atoms with Gasteiger partial charge in [-0.05, 0) is 55.5 Å². The zero-order valence-corrected chi connectivity index (χ0v) is 13.6. The molecule has 0 saturated carbocycles. The number of fused-ring (bicyclic) bond motifs is 1. The zero-order chi connectivity index (χ0) is 16.0. The lowest BCUT2D eigenvalue weighted by Crippen LogP contribution is -2.30. The molecule has 0 amide bonds. The number of hydrogen-bond donors (Lipinski definition) is 1. The van der Waals surface area contributed by atoms with Gasteiger partial charge in [0.05, 0.1) is 11.2 Å². The first-order valence-corrected chi connectivity index (χ1v) is 7.19. The standard InChI is InChI=1S/C18H23NO2/c1-11-9-12-10-13(17(2,3)4)7-8-14(12)19-15(11)18(5,6)16(20)21/h7-10H,1-6H3,(H,20,21). The number of nitrogens with zero attached hydrogens (tertiary/aromatic N) is 1. The Bertz CT molecular complexity index is 709. The van der Waals surface area contributed by atoms with Crippen LogP contribution in [-0.2, 0) is 15.6 Å². The van der Waals surface area contributed by atoms with E-state index < -0.39 is 11.4 Å². The number of aryl methyl sites for hydroxylation is 1. The van der Waals surface area contributed by atoms with Crippen molar-refractivity contribution in [3.63, 3.8) is 0 Å². The van der Waals surface area contributed by atoms with Gasteiger partial charge in [-0.25, -0.2) is 0 Å². The second-order valence-corrected chi connectivity index (χ2v) is 7.24. The molecule has 0 aliphatic rings. The van der Waals surface area contributed by atoms with Gasteiger partial charge in [-0.2, -0.15) is 0 Å². The minimum Gasteiger partial charge on any atom is -0.481 e. The van der Waals surface area contributed by atoms with Crippen molar-refractivity contribution in [2.45, 2.75) is 52.4 Å². The van der Waals surface area contributed by atoms with E-state index in [1.54, 1.807) is 13.8 Å². The molecule has 112 valence electrons. The molecule has 0 bridgehead atoms. The number of aromatic nitrogens is 1. The van der Waals surface area contributed by atoms with Crippen LogP contribution in [0.15, 0.2) is 24.3 Å². The molecule has 0 saturated heterocycles. The van der Waals surface area contributed by atoms with Gasteiger partial charge in [-0.1, -0.05) is 26.8 Å². The highest BCUT2D eigenvalue weighted by molar-refractivity contribution is 5.84. The average molecular weight is 285 g/mol. The Hall–Kier alpha value is -1.90. The van der Waals surface area contributed by atoms with Crippen molar-refractivity contribution < 1.29 is 9.90 Å². The first kappa shape index (κ1) is 15.5. The van der Waals surface area contributed by atoms with Gasteiger partial charge >= 0.3 is 5.97 Å². The van der Waals surface area contributed by atoms with Crippen molar-refractivity contribution in [2.75, 3.05) is 0 Å². The maximum Gasteiger partial charge on any atom is 0.315 e. The van der Waals surface area contributed by atoms with Crippen LogP contribution in [0.25, 0.3) is 10.9 Å². The molecule has 0 aliphatic carbocycles. The molecule has 0 radical (unpaired) electrons. The van der Waals surface area contributed by atoms with E-state index in [0.717, 1.165) is 16.5 Å². The summed E-state index contributed by atoms with van der Waals surface area (Å²) < 4.78 is 0. The molecule has 0 unspecified atom stereocenters. The molecule has 1 aromatic carbocycles. The fourth-order valence-electron chi connectivity index (χ4n) is 2.48. The van der Waals surface area contributed by atoms with Crippen molar-refractivity contribution in [1.29, 1.82) is 0 Å². The predicted octanol–water partition coefficient (Wildman–Crippen LogP) is 4.20. The highest BCUT2D eigenvalue weighted by atomic mass is 16.4. The Labute approximate surface area is 126 Å². The Kier molecular flexibility index (Phi) is 3.56. The van der Waals surface area contributed by atoms with Crippen LogP contribution in [-0.4, -0.2) is 16.1 Å². The number of hydrogen-bond acceptors (Lipinski definition) is 2.